The molecule has 0 fully saturated rings. The Hall–Kier alpha value is -2.69. The number of benzene rings is 2. The number of carbonyl (C=O) groups excluding carboxylic acids is 1. The minimum atomic E-state index is -0.0928. The Kier molecular flexibility index (Phi) is 3.76. The molecule has 2 aliphatic rings. The second-order valence-electron chi connectivity index (χ2n) is 6.12. The van der Waals surface area contributed by atoms with Gasteiger partial charge in [0.1, 0.15) is 5.75 Å². The predicted molar refractivity (Wildman–Crippen MR) is 88.5 cm³/mol. The van der Waals surface area contributed by atoms with E-state index < -0.39 is 0 Å². The molecule has 24 heavy (non-hydrogen) atoms. The summed E-state index contributed by atoms with van der Waals surface area (Å²) >= 11 is 0. The molecule has 1 amide bonds. The van der Waals surface area contributed by atoms with Crippen molar-refractivity contribution in [2.75, 3.05) is 13.4 Å². The molecule has 0 aromatic heterocycles. The molecule has 2 aliphatic heterocycles. The topological polar surface area (TPSA) is 56.8 Å². The molecule has 1 N–H and O–H groups in total. The number of carbonyl (C=O) groups is 1. The third-order valence-electron chi connectivity index (χ3n) is 4.39. The van der Waals surface area contributed by atoms with Gasteiger partial charge in [-0.25, -0.2) is 0 Å². The molecule has 0 aliphatic carbocycles. The Morgan fingerprint density at radius 2 is 1.92 bits per heavy atom. The summed E-state index contributed by atoms with van der Waals surface area (Å²) in [6, 6.07) is 11.6. The van der Waals surface area contributed by atoms with Gasteiger partial charge in [0, 0.05) is 6.42 Å². The highest BCUT2D eigenvalue weighted by molar-refractivity contribution is 5.79. The number of fused-ring (bicyclic) bond motifs is 2. The molecular weight excluding hydrogens is 306 g/mol. The van der Waals surface area contributed by atoms with Crippen molar-refractivity contribution in [1.82, 2.24) is 5.32 Å². The van der Waals surface area contributed by atoms with Crippen LogP contribution in [-0.4, -0.2) is 19.3 Å². The van der Waals surface area contributed by atoms with E-state index in [0.717, 1.165) is 41.4 Å². The van der Waals surface area contributed by atoms with E-state index in [2.05, 4.69) is 11.4 Å². The molecule has 0 spiro atoms. The third-order valence-corrected chi connectivity index (χ3v) is 4.39. The van der Waals surface area contributed by atoms with Gasteiger partial charge in [0.25, 0.3) is 0 Å². The SMILES string of the molecule is CC(NC(=O)Cc1ccc2c(c1)CCO2)c1ccc2c(c1)OCO2. The highest BCUT2D eigenvalue weighted by atomic mass is 16.7. The molecule has 0 radical (unpaired) electrons. The van der Waals surface area contributed by atoms with Crippen molar-refractivity contribution >= 4 is 5.91 Å². The van der Waals surface area contributed by atoms with E-state index in [0.29, 0.717) is 6.42 Å². The van der Waals surface area contributed by atoms with Gasteiger partial charge in [-0.2, -0.15) is 0 Å². The lowest BCUT2D eigenvalue weighted by molar-refractivity contribution is -0.121. The van der Waals surface area contributed by atoms with Crippen molar-refractivity contribution in [3.63, 3.8) is 0 Å². The smallest absolute Gasteiger partial charge is 0.231 e. The van der Waals surface area contributed by atoms with Gasteiger partial charge in [0.05, 0.1) is 19.1 Å². The predicted octanol–water partition coefficient (Wildman–Crippen LogP) is 2.77. The molecular formula is C19H19NO4. The molecule has 0 saturated heterocycles. The minimum absolute atomic E-state index is 0.000896. The Labute approximate surface area is 140 Å². The van der Waals surface area contributed by atoms with Gasteiger partial charge in [0.15, 0.2) is 11.5 Å². The maximum Gasteiger partial charge on any atom is 0.231 e. The third kappa shape index (κ3) is 2.89. The lowest BCUT2D eigenvalue weighted by Crippen LogP contribution is -2.28. The van der Waals surface area contributed by atoms with Crippen molar-refractivity contribution in [2.24, 2.45) is 0 Å². The van der Waals surface area contributed by atoms with Gasteiger partial charge in [-0.1, -0.05) is 18.2 Å². The van der Waals surface area contributed by atoms with Crippen molar-refractivity contribution in [2.45, 2.75) is 25.8 Å². The Morgan fingerprint density at radius 3 is 2.83 bits per heavy atom. The Morgan fingerprint density at radius 1 is 1.08 bits per heavy atom. The van der Waals surface area contributed by atoms with E-state index in [-0.39, 0.29) is 18.7 Å². The highest BCUT2D eigenvalue weighted by Gasteiger charge is 2.18. The zero-order valence-electron chi connectivity index (χ0n) is 13.5. The first-order valence-electron chi connectivity index (χ1n) is 8.12. The van der Waals surface area contributed by atoms with Crippen LogP contribution in [0, 0.1) is 0 Å². The van der Waals surface area contributed by atoms with Gasteiger partial charge < -0.3 is 19.5 Å². The fourth-order valence-corrected chi connectivity index (χ4v) is 3.09. The van der Waals surface area contributed by atoms with Crippen LogP contribution < -0.4 is 19.5 Å². The quantitative estimate of drug-likeness (QED) is 0.939. The van der Waals surface area contributed by atoms with Crippen LogP contribution in [0.15, 0.2) is 36.4 Å². The molecule has 1 atom stereocenters. The van der Waals surface area contributed by atoms with E-state index in [1.807, 2.05) is 37.3 Å². The zero-order valence-corrected chi connectivity index (χ0v) is 13.5. The molecule has 2 heterocycles. The van der Waals surface area contributed by atoms with Crippen molar-refractivity contribution in [3.8, 4) is 17.2 Å². The lowest BCUT2D eigenvalue weighted by Gasteiger charge is -2.15. The zero-order chi connectivity index (χ0) is 16.5. The van der Waals surface area contributed by atoms with Gasteiger partial charge in [0.2, 0.25) is 12.7 Å². The largest absolute Gasteiger partial charge is 0.493 e. The summed E-state index contributed by atoms with van der Waals surface area (Å²) in [5, 5.41) is 3.04. The maximum absolute atomic E-state index is 12.3. The summed E-state index contributed by atoms with van der Waals surface area (Å²) in [5.41, 5.74) is 3.19. The van der Waals surface area contributed by atoms with E-state index in [9.17, 15) is 4.79 Å². The number of nitrogens with one attached hydrogen (secondary N) is 1. The number of rotatable bonds is 4. The number of hydrogen-bond donors (Lipinski definition) is 1. The normalized spacial score (nSPS) is 15.5. The fourth-order valence-electron chi connectivity index (χ4n) is 3.09. The van der Waals surface area contributed by atoms with E-state index in [1.165, 1.54) is 5.56 Å². The van der Waals surface area contributed by atoms with Crippen LogP contribution >= 0.6 is 0 Å². The van der Waals surface area contributed by atoms with Gasteiger partial charge >= 0.3 is 0 Å². The average Bonchev–Trinajstić information content (AvgIpc) is 3.22. The first-order chi connectivity index (χ1) is 11.7. The molecule has 2 aromatic carbocycles. The standard InChI is InChI=1S/C19H19NO4/c1-12(14-3-5-17-18(10-14)24-11-23-17)20-19(21)9-13-2-4-16-15(8-13)6-7-22-16/h2-5,8,10,12H,6-7,9,11H2,1H3,(H,20,21). The molecule has 0 saturated carbocycles. The molecule has 5 nitrogen and oxygen atoms in total. The highest BCUT2D eigenvalue weighted by Crippen LogP contribution is 2.34. The van der Waals surface area contributed by atoms with Gasteiger partial charge in [-0.3, -0.25) is 4.79 Å². The number of amides is 1. The monoisotopic (exact) mass is 325 g/mol. The number of ether oxygens (including phenoxy) is 3. The molecule has 124 valence electrons. The van der Waals surface area contributed by atoms with E-state index in [4.69, 9.17) is 14.2 Å². The minimum Gasteiger partial charge on any atom is -0.493 e. The van der Waals surface area contributed by atoms with Gasteiger partial charge in [-0.05, 0) is 41.8 Å². The van der Waals surface area contributed by atoms with Crippen LogP contribution in [0.25, 0.3) is 0 Å². The average molecular weight is 325 g/mol. The molecule has 2 aromatic rings. The second-order valence-corrected chi connectivity index (χ2v) is 6.12. The van der Waals surface area contributed by atoms with Crippen LogP contribution in [0.1, 0.15) is 29.7 Å². The van der Waals surface area contributed by atoms with E-state index in [1.54, 1.807) is 0 Å². The van der Waals surface area contributed by atoms with Crippen LogP contribution in [-0.2, 0) is 17.6 Å². The first-order valence-corrected chi connectivity index (χ1v) is 8.12. The molecule has 5 heteroatoms. The Bertz CT molecular complexity index is 787. The van der Waals surface area contributed by atoms with Crippen molar-refractivity contribution < 1.29 is 19.0 Å². The van der Waals surface area contributed by atoms with Crippen LogP contribution in [0.4, 0.5) is 0 Å². The summed E-state index contributed by atoms with van der Waals surface area (Å²) < 4.78 is 16.2. The first kappa shape index (κ1) is 14.9. The Balaban J connectivity index is 1.40. The summed E-state index contributed by atoms with van der Waals surface area (Å²) in [4.78, 5) is 12.3. The summed E-state index contributed by atoms with van der Waals surface area (Å²) in [5.74, 6) is 2.41. The summed E-state index contributed by atoms with van der Waals surface area (Å²) in [6.07, 6.45) is 1.28. The fraction of sp³-hybridized carbons (Fsp3) is 0.316. The van der Waals surface area contributed by atoms with Crippen molar-refractivity contribution in [1.29, 1.82) is 0 Å². The summed E-state index contributed by atoms with van der Waals surface area (Å²) in [6.45, 7) is 2.94. The van der Waals surface area contributed by atoms with Crippen LogP contribution in [0.5, 0.6) is 17.2 Å². The van der Waals surface area contributed by atoms with Gasteiger partial charge in [-0.15, -0.1) is 0 Å². The van der Waals surface area contributed by atoms with Crippen molar-refractivity contribution in [3.05, 3.63) is 53.1 Å². The molecule has 4 rings (SSSR count). The number of hydrogen-bond acceptors (Lipinski definition) is 4. The summed E-state index contributed by atoms with van der Waals surface area (Å²) in [7, 11) is 0. The molecule has 1 unspecified atom stereocenters. The van der Waals surface area contributed by atoms with Crippen LogP contribution in [0.2, 0.25) is 0 Å². The second kappa shape index (κ2) is 6.07. The van der Waals surface area contributed by atoms with Crippen LogP contribution in [0.3, 0.4) is 0 Å². The van der Waals surface area contributed by atoms with E-state index >= 15 is 0 Å². The lowest BCUT2D eigenvalue weighted by atomic mass is 10.0. The molecule has 0 bridgehead atoms. The maximum atomic E-state index is 12.3.